The van der Waals surface area contributed by atoms with E-state index in [2.05, 4.69) is 0 Å². The number of hydrogen-bond donors (Lipinski definition) is 3. The van der Waals surface area contributed by atoms with Crippen LogP contribution in [0.5, 0.6) is 0 Å². The molecule has 0 saturated carbocycles. The maximum atomic E-state index is 12.1. The Morgan fingerprint density at radius 1 is 1.19 bits per heavy atom. The van der Waals surface area contributed by atoms with Crippen molar-refractivity contribution in [3.8, 4) is 0 Å². The lowest BCUT2D eigenvalue weighted by molar-refractivity contribution is 0.0252. The van der Waals surface area contributed by atoms with Crippen LogP contribution in [-0.2, 0) is 12.8 Å². The topological polar surface area (TPSA) is 96.7 Å². The molecule has 1 aromatic heterocycles. The van der Waals surface area contributed by atoms with Crippen molar-refractivity contribution in [2.45, 2.75) is 37.9 Å². The van der Waals surface area contributed by atoms with E-state index in [1.165, 1.54) is 0 Å². The van der Waals surface area contributed by atoms with Crippen LogP contribution in [0.1, 0.15) is 35.6 Å². The number of aryl methyl sites for hydroxylation is 1. The summed E-state index contributed by atoms with van der Waals surface area (Å²) < 4.78 is 5.38. The van der Waals surface area contributed by atoms with Gasteiger partial charge in [-0.2, -0.15) is 0 Å². The van der Waals surface area contributed by atoms with Gasteiger partial charge < -0.3 is 20.4 Å². The van der Waals surface area contributed by atoms with Crippen LogP contribution >= 0.6 is 0 Å². The smallest absolute Gasteiger partial charge is 0.339 e. The second kappa shape index (κ2) is 5.60. The lowest BCUT2D eigenvalue weighted by Gasteiger charge is -2.22. The van der Waals surface area contributed by atoms with E-state index in [-0.39, 0.29) is 12.2 Å². The molecule has 1 heterocycles. The molecule has 1 aliphatic rings. The van der Waals surface area contributed by atoms with Gasteiger partial charge in [-0.05, 0) is 42.9 Å². The normalized spacial score (nSPS) is 17.5. The largest absolute Gasteiger partial charge is 0.422 e. The second-order valence-corrected chi connectivity index (χ2v) is 5.52. The van der Waals surface area contributed by atoms with Crippen LogP contribution < -0.4 is 11.4 Å². The van der Waals surface area contributed by atoms with Gasteiger partial charge in [0.05, 0.1) is 6.10 Å². The van der Waals surface area contributed by atoms with Crippen molar-refractivity contribution in [2.75, 3.05) is 6.54 Å². The first-order valence-electron chi connectivity index (χ1n) is 7.27. The molecule has 5 heteroatoms. The Bertz CT molecular complexity index is 722. The van der Waals surface area contributed by atoms with E-state index >= 15 is 0 Å². The van der Waals surface area contributed by atoms with E-state index in [9.17, 15) is 15.0 Å². The van der Waals surface area contributed by atoms with Crippen molar-refractivity contribution < 1.29 is 14.6 Å². The van der Waals surface area contributed by atoms with E-state index in [1.54, 1.807) is 18.2 Å². The van der Waals surface area contributed by atoms with Crippen LogP contribution in [0.15, 0.2) is 27.4 Å². The molecule has 21 heavy (non-hydrogen) atoms. The van der Waals surface area contributed by atoms with Crippen LogP contribution in [0.2, 0.25) is 0 Å². The molecule has 2 unspecified atom stereocenters. The molecule has 2 aromatic rings. The summed E-state index contributed by atoms with van der Waals surface area (Å²) in [5.74, 6) is 0. The minimum absolute atomic E-state index is 0.0312. The summed E-state index contributed by atoms with van der Waals surface area (Å²) >= 11 is 0. The maximum Gasteiger partial charge on any atom is 0.339 e. The molecular formula is C16H19NO4. The highest BCUT2D eigenvalue weighted by Gasteiger charge is 2.24. The Morgan fingerprint density at radius 2 is 1.90 bits per heavy atom. The van der Waals surface area contributed by atoms with Crippen LogP contribution in [0.4, 0.5) is 0 Å². The third kappa shape index (κ3) is 2.37. The van der Waals surface area contributed by atoms with Crippen LogP contribution in [0.3, 0.4) is 0 Å². The molecule has 1 aromatic carbocycles. The monoisotopic (exact) mass is 289 g/mol. The average molecular weight is 289 g/mol. The zero-order chi connectivity index (χ0) is 15.0. The second-order valence-electron chi connectivity index (χ2n) is 5.52. The first kappa shape index (κ1) is 14.3. The molecule has 0 fully saturated rings. The molecule has 0 radical (unpaired) electrons. The van der Waals surface area contributed by atoms with E-state index in [4.69, 9.17) is 10.2 Å². The van der Waals surface area contributed by atoms with Crippen molar-refractivity contribution in [2.24, 2.45) is 5.73 Å². The first-order valence-corrected chi connectivity index (χ1v) is 7.27. The standard InChI is InChI=1S/C16H19NO4/c17-8-12(18)15(19)11-6-3-7-13-14(11)9-4-1-2-5-10(9)16(20)21-13/h3,6-7,12,15,18-19H,1-2,4-5,8,17H2. The van der Waals surface area contributed by atoms with Gasteiger partial charge >= 0.3 is 5.63 Å². The van der Waals surface area contributed by atoms with Gasteiger partial charge in [-0.25, -0.2) is 4.79 Å². The summed E-state index contributed by atoms with van der Waals surface area (Å²) in [5, 5.41) is 20.9. The van der Waals surface area contributed by atoms with Gasteiger partial charge in [-0.1, -0.05) is 12.1 Å². The van der Waals surface area contributed by atoms with Crippen LogP contribution in [0.25, 0.3) is 11.0 Å². The van der Waals surface area contributed by atoms with Crippen molar-refractivity contribution in [1.29, 1.82) is 0 Å². The van der Waals surface area contributed by atoms with Crippen molar-refractivity contribution >= 4 is 11.0 Å². The van der Waals surface area contributed by atoms with E-state index in [1.807, 2.05) is 0 Å². The third-order valence-electron chi connectivity index (χ3n) is 4.20. The Kier molecular flexibility index (Phi) is 3.80. The molecular weight excluding hydrogens is 270 g/mol. The maximum absolute atomic E-state index is 12.1. The number of rotatable bonds is 3. The molecule has 1 aliphatic carbocycles. The Hall–Kier alpha value is -1.69. The van der Waals surface area contributed by atoms with Gasteiger partial charge in [-0.15, -0.1) is 0 Å². The van der Waals surface area contributed by atoms with E-state index < -0.39 is 12.2 Å². The molecule has 0 amide bonds. The predicted molar refractivity (Wildman–Crippen MR) is 79.1 cm³/mol. The molecule has 0 bridgehead atoms. The summed E-state index contributed by atoms with van der Waals surface area (Å²) in [7, 11) is 0. The predicted octanol–water partition coefficient (Wildman–Crippen LogP) is 1.02. The minimum atomic E-state index is -1.09. The summed E-state index contributed by atoms with van der Waals surface area (Å²) in [6.45, 7) is -0.0312. The van der Waals surface area contributed by atoms with Gasteiger partial charge in [0.1, 0.15) is 11.7 Å². The SMILES string of the molecule is NCC(O)C(O)c1cccc2oc(=O)c3c(c12)CCCC3. The number of nitrogens with two attached hydrogens (primary N) is 1. The molecule has 4 N–H and O–H groups in total. The fourth-order valence-corrected chi connectivity index (χ4v) is 3.11. The van der Waals surface area contributed by atoms with E-state index in [0.717, 1.165) is 30.2 Å². The summed E-state index contributed by atoms with van der Waals surface area (Å²) in [4.78, 5) is 12.1. The average Bonchev–Trinajstić information content (AvgIpc) is 2.53. The van der Waals surface area contributed by atoms with Crippen molar-refractivity contribution in [3.63, 3.8) is 0 Å². The number of benzene rings is 1. The first-order chi connectivity index (χ1) is 10.1. The molecule has 5 nitrogen and oxygen atoms in total. The van der Waals surface area contributed by atoms with Gasteiger partial charge in [0.25, 0.3) is 0 Å². The van der Waals surface area contributed by atoms with Crippen molar-refractivity contribution in [1.82, 2.24) is 0 Å². The molecule has 0 aliphatic heterocycles. The molecule has 3 rings (SSSR count). The lowest BCUT2D eigenvalue weighted by atomic mass is 9.87. The van der Waals surface area contributed by atoms with Gasteiger partial charge in [-0.3, -0.25) is 0 Å². The summed E-state index contributed by atoms with van der Waals surface area (Å²) in [5.41, 5.74) is 7.83. The summed E-state index contributed by atoms with van der Waals surface area (Å²) in [6, 6.07) is 5.18. The van der Waals surface area contributed by atoms with Crippen LogP contribution in [-0.4, -0.2) is 22.9 Å². The highest BCUT2D eigenvalue weighted by Crippen LogP contribution is 2.32. The zero-order valence-corrected chi connectivity index (χ0v) is 11.7. The fraction of sp³-hybridized carbons (Fsp3) is 0.438. The molecule has 112 valence electrons. The number of aliphatic hydroxyl groups is 2. The van der Waals surface area contributed by atoms with Gasteiger partial charge in [0, 0.05) is 17.5 Å². The number of hydrogen-bond acceptors (Lipinski definition) is 5. The zero-order valence-electron chi connectivity index (χ0n) is 11.7. The molecule has 0 spiro atoms. The number of aliphatic hydroxyl groups excluding tert-OH is 2. The third-order valence-corrected chi connectivity index (χ3v) is 4.20. The summed E-state index contributed by atoms with van der Waals surface area (Å²) in [6.07, 6.45) is 1.35. The highest BCUT2D eigenvalue weighted by molar-refractivity contribution is 5.85. The van der Waals surface area contributed by atoms with Crippen LogP contribution in [0, 0.1) is 0 Å². The Balaban J connectivity index is 2.29. The van der Waals surface area contributed by atoms with Gasteiger partial charge in [0.2, 0.25) is 0 Å². The Morgan fingerprint density at radius 3 is 2.62 bits per heavy atom. The Labute approximate surface area is 122 Å². The minimum Gasteiger partial charge on any atom is -0.422 e. The number of fused-ring (bicyclic) bond motifs is 3. The molecule has 2 atom stereocenters. The quantitative estimate of drug-likeness (QED) is 0.733. The lowest BCUT2D eigenvalue weighted by Crippen LogP contribution is -2.27. The fourth-order valence-electron chi connectivity index (χ4n) is 3.11. The highest BCUT2D eigenvalue weighted by atomic mass is 16.4. The van der Waals surface area contributed by atoms with E-state index in [0.29, 0.717) is 23.1 Å². The van der Waals surface area contributed by atoms with Gasteiger partial charge in [0.15, 0.2) is 0 Å². The van der Waals surface area contributed by atoms with Crippen molar-refractivity contribution in [3.05, 3.63) is 45.3 Å². The molecule has 0 saturated heterocycles.